The molecule has 0 bridgehead atoms. The van der Waals surface area contributed by atoms with E-state index in [0.29, 0.717) is 28.1 Å². The Bertz CT molecular complexity index is 1380. The van der Waals surface area contributed by atoms with Gasteiger partial charge >= 0.3 is 0 Å². The van der Waals surface area contributed by atoms with E-state index in [2.05, 4.69) is 5.32 Å². The lowest BCUT2D eigenvalue weighted by atomic mass is 10.1. The quantitative estimate of drug-likeness (QED) is 0.412. The van der Waals surface area contributed by atoms with Crippen molar-refractivity contribution < 1.29 is 18.0 Å². The van der Waals surface area contributed by atoms with E-state index in [1.54, 1.807) is 36.4 Å². The van der Waals surface area contributed by atoms with Crippen LogP contribution in [-0.2, 0) is 26.2 Å². The highest BCUT2D eigenvalue weighted by Crippen LogP contribution is 2.29. The molecule has 0 aliphatic carbocycles. The fourth-order valence-electron chi connectivity index (χ4n) is 4.20. The topological polar surface area (TPSA) is 86.8 Å². The predicted molar refractivity (Wildman–Crippen MR) is 150 cm³/mol. The lowest BCUT2D eigenvalue weighted by Crippen LogP contribution is -2.55. The van der Waals surface area contributed by atoms with E-state index in [1.165, 1.54) is 4.90 Å². The van der Waals surface area contributed by atoms with Crippen molar-refractivity contribution in [2.45, 2.75) is 52.2 Å². The van der Waals surface area contributed by atoms with Crippen molar-refractivity contribution in [1.82, 2.24) is 10.2 Å². The van der Waals surface area contributed by atoms with E-state index in [-0.39, 0.29) is 12.5 Å². The first kappa shape index (κ1) is 28.5. The zero-order chi connectivity index (χ0) is 27.4. The zero-order valence-corrected chi connectivity index (χ0v) is 23.4. The summed E-state index contributed by atoms with van der Waals surface area (Å²) in [6.07, 6.45) is 1.41. The molecule has 3 aromatic carbocycles. The maximum Gasteiger partial charge on any atom is 0.244 e. The first-order valence-electron chi connectivity index (χ1n) is 12.1. The van der Waals surface area contributed by atoms with Crippen molar-refractivity contribution in [3.05, 3.63) is 77.3 Å². The number of nitrogens with one attached hydrogen (secondary N) is 1. The number of rotatable bonds is 9. The first-order chi connectivity index (χ1) is 17.3. The van der Waals surface area contributed by atoms with Crippen LogP contribution in [0.3, 0.4) is 0 Å². The summed E-state index contributed by atoms with van der Waals surface area (Å²) < 4.78 is 27.0. The van der Waals surface area contributed by atoms with Gasteiger partial charge in [0.05, 0.1) is 11.9 Å². The van der Waals surface area contributed by atoms with Gasteiger partial charge in [0.1, 0.15) is 12.6 Å². The third-order valence-corrected chi connectivity index (χ3v) is 7.39. The molecular weight excluding hydrogens is 510 g/mol. The minimum atomic E-state index is -3.84. The van der Waals surface area contributed by atoms with Gasteiger partial charge in [-0.3, -0.25) is 13.9 Å². The lowest BCUT2D eigenvalue weighted by molar-refractivity contribution is -0.141. The number of hydrogen-bond acceptors (Lipinski definition) is 4. The van der Waals surface area contributed by atoms with Crippen LogP contribution in [0.25, 0.3) is 10.8 Å². The Kier molecular flexibility index (Phi) is 8.87. The number of nitrogens with zero attached hydrogens (tertiary/aromatic N) is 2. The number of halogens is 1. The van der Waals surface area contributed by atoms with Crippen LogP contribution in [0.15, 0.2) is 66.7 Å². The molecule has 1 atom stereocenters. The second-order valence-electron chi connectivity index (χ2n) is 10.0. The number of carbonyl (C=O) groups excluding carboxylic acids is 2. The molecule has 0 aromatic heterocycles. The lowest BCUT2D eigenvalue weighted by Gasteiger charge is -2.34. The van der Waals surface area contributed by atoms with E-state index in [4.69, 9.17) is 11.6 Å². The van der Waals surface area contributed by atoms with Crippen molar-refractivity contribution in [3.8, 4) is 0 Å². The molecule has 0 spiro atoms. The van der Waals surface area contributed by atoms with Gasteiger partial charge < -0.3 is 10.2 Å². The third kappa shape index (κ3) is 7.23. The molecule has 1 N–H and O–H groups in total. The summed E-state index contributed by atoms with van der Waals surface area (Å²) in [5.74, 6) is -0.819. The normalized spacial score (nSPS) is 12.7. The van der Waals surface area contributed by atoms with Gasteiger partial charge in [0.25, 0.3) is 0 Å². The van der Waals surface area contributed by atoms with E-state index >= 15 is 0 Å². The Morgan fingerprint density at radius 3 is 2.22 bits per heavy atom. The number of fused-ring (bicyclic) bond motifs is 1. The number of carbonyl (C=O) groups is 2. The maximum atomic E-state index is 13.9. The first-order valence-corrected chi connectivity index (χ1v) is 14.3. The molecule has 9 heteroatoms. The number of sulfonamides is 1. The molecule has 0 aliphatic heterocycles. The van der Waals surface area contributed by atoms with Crippen LogP contribution >= 0.6 is 11.6 Å². The van der Waals surface area contributed by atoms with Gasteiger partial charge in [-0.2, -0.15) is 0 Å². The largest absolute Gasteiger partial charge is 0.350 e. The molecule has 0 saturated carbocycles. The molecule has 198 valence electrons. The van der Waals surface area contributed by atoms with Gasteiger partial charge in [-0.05, 0) is 50.3 Å². The minimum Gasteiger partial charge on any atom is -0.350 e. The van der Waals surface area contributed by atoms with Crippen LogP contribution < -0.4 is 9.62 Å². The smallest absolute Gasteiger partial charge is 0.244 e. The Morgan fingerprint density at radius 2 is 1.59 bits per heavy atom. The Morgan fingerprint density at radius 1 is 0.973 bits per heavy atom. The second kappa shape index (κ2) is 11.5. The standard InChI is InChI=1S/C28H34ClN3O4S/c1-6-24(27(34)30-28(2,3)4)31(18-21-13-8-10-16-23(21)29)26(33)19-32(37(5,35)36)25-17-11-14-20-12-7-9-15-22(20)25/h7-17,24H,6,18-19H2,1-5H3,(H,30,34)/t24-/m0/s1. The molecule has 7 nitrogen and oxygen atoms in total. The summed E-state index contributed by atoms with van der Waals surface area (Å²) in [7, 11) is -3.84. The van der Waals surface area contributed by atoms with Crippen molar-refractivity contribution in [2.75, 3.05) is 17.1 Å². The van der Waals surface area contributed by atoms with Gasteiger partial charge in [-0.1, -0.05) is 73.1 Å². The Balaban J connectivity index is 2.05. The van der Waals surface area contributed by atoms with Gasteiger partial charge in [-0.25, -0.2) is 8.42 Å². The van der Waals surface area contributed by atoms with Gasteiger partial charge in [0, 0.05) is 22.5 Å². The van der Waals surface area contributed by atoms with Crippen molar-refractivity contribution >= 4 is 49.9 Å². The fraction of sp³-hybridized carbons (Fsp3) is 0.357. The van der Waals surface area contributed by atoms with Gasteiger partial charge in [-0.15, -0.1) is 0 Å². The SMILES string of the molecule is CC[C@@H](C(=O)NC(C)(C)C)N(Cc1ccccc1Cl)C(=O)CN(c1cccc2ccccc12)S(C)(=O)=O. The van der Waals surface area contributed by atoms with Crippen molar-refractivity contribution in [1.29, 1.82) is 0 Å². The molecule has 0 heterocycles. The average molecular weight is 544 g/mol. The number of anilines is 1. The summed E-state index contributed by atoms with van der Waals surface area (Å²) in [5, 5.41) is 4.97. The van der Waals surface area contributed by atoms with Crippen molar-refractivity contribution in [2.24, 2.45) is 0 Å². The molecule has 0 saturated heterocycles. The number of benzene rings is 3. The monoisotopic (exact) mass is 543 g/mol. The predicted octanol–water partition coefficient (Wildman–Crippen LogP) is 4.98. The Hall–Kier alpha value is -3.10. The van der Waals surface area contributed by atoms with E-state index in [0.717, 1.165) is 15.9 Å². The highest BCUT2D eigenvalue weighted by Gasteiger charge is 2.33. The highest BCUT2D eigenvalue weighted by atomic mass is 35.5. The van der Waals surface area contributed by atoms with Crippen molar-refractivity contribution in [3.63, 3.8) is 0 Å². The summed E-state index contributed by atoms with van der Waals surface area (Å²) >= 11 is 6.40. The molecule has 3 aromatic rings. The third-order valence-electron chi connectivity index (χ3n) is 5.90. The highest BCUT2D eigenvalue weighted by molar-refractivity contribution is 7.92. The number of hydrogen-bond donors (Lipinski definition) is 1. The fourth-order valence-corrected chi connectivity index (χ4v) is 5.26. The van der Waals surface area contributed by atoms with E-state index in [1.807, 2.05) is 58.0 Å². The van der Waals surface area contributed by atoms with Crippen LogP contribution in [0.5, 0.6) is 0 Å². The molecule has 0 fully saturated rings. The molecular formula is C28H34ClN3O4S. The van der Waals surface area contributed by atoms with Crippen LogP contribution in [0, 0.1) is 0 Å². The maximum absolute atomic E-state index is 13.9. The van der Waals surface area contributed by atoms with Crippen LogP contribution in [0.4, 0.5) is 5.69 Å². The molecule has 3 rings (SSSR count). The van der Waals surface area contributed by atoms with E-state index in [9.17, 15) is 18.0 Å². The minimum absolute atomic E-state index is 0.0573. The summed E-state index contributed by atoms with van der Waals surface area (Å²) in [4.78, 5) is 28.6. The Labute approximate surface area is 224 Å². The summed E-state index contributed by atoms with van der Waals surface area (Å²) in [6, 6.07) is 19.0. The molecule has 0 aliphatic rings. The van der Waals surface area contributed by atoms with Crippen LogP contribution in [-0.4, -0.2) is 49.5 Å². The molecule has 37 heavy (non-hydrogen) atoms. The summed E-state index contributed by atoms with van der Waals surface area (Å²) in [5.41, 5.74) is 0.556. The zero-order valence-electron chi connectivity index (χ0n) is 21.9. The van der Waals surface area contributed by atoms with Gasteiger partial charge in [0.2, 0.25) is 21.8 Å². The molecule has 0 radical (unpaired) electrons. The number of amides is 2. The summed E-state index contributed by atoms with van der Waals surface area (Å²) in [6.45, 7) is 7.01. The van der Waals surface area contributed by atoms with Crippen LogP contribution in [0.1, 0.15) is 39.7 Å². The molecule has 0 unspecified atom stereocenters. The molecule has 2 amide bonds. The second-order valence-corrected chi connectivity index (χ2v) is 12.4. The van der Waals surface area contributed by atoms with Gasteiger partial charge in [0.15, 0.2) is 0 Å². The average Bonchev–Trinajstić information content (AvgIpc) is 2.81. The van der Waals surface area contributed by atoms with E-state index < -0.39 is 34.1 Å². The van der Waals surface area contributed by atoms with Crippen LogP contribution in [0.2, 0.25) is 5.02 Å².